The zero-order valence-corrected chi connectivity index (χ0v) is 19.5. The molecule has 3 aliphatic rings. The zero-order chi connectivity index (χ0) is 21.8. The highest BCUT2D eigenvalue weighted by Crippen LogP contribution is 2.33. The highest BCUT2D eigenvalue weighted by atomic mass is 35.5. The molecule has 3 fully saturated rings. The van der Waals surface area contributed by atoms with Crippen LogP contribution >= 0.6 is 23.2 Å². The Bertz CT molecular complexity index is 745. The van der Waals surface area contributed by atoms with E-state index in [1.807, 2.05) is 18.2 Å². The molecular weight excluding hydrogens is 438 g/mol. The summed E-state index contributed by atoms with van der Waals surface area (Å²) in [5.74, 6) is 0.737. The maximum absolute atomic E-state index is 12.9. The molecule has 1 aromatic carbocycles. The number of piperazine rings is 1. The number of hydrogen-bond donors (Lipinski definition) is 2. The molecule has 0 bridgehead atoms. The molecule has 1 aromatic rings. The van der Waals surface area contributed by atoms with Gasteiger partial charge in [-0.2, -0.15) is 0 Å². The van der Waals surface area contributed by atoms with Crippen LogP contribution in [0.25, 0.3) is 0 Å². The van der Waals surface area contributed by atoms with Crippen molar-refractivity contribution in [2.24, 2.45) is 5.92 Å². The molecule has 0 atom stereocenters. The maximum atomic E-state index is 12.9. The van der Waals surface area contributed by atoms with E-state index in [-0.39, 0.29) is 18.1 Å². The van der Waals surface area contributed by atoms with E-state index < -0.39 is 6.17 Å². The number of carbonyl (C=O) groups is 1. The Morgan fingerprint density at radius 1 is 1.00 bits per heavy atom. The van der Waals surface area contributed by atoms with E-state index in [1.54, 1.807) is 0 Å². The van der Waals surface area contributed by atoms with Gasteiger partial charge in [-0.1, -0.05) is 29.3 Å². The van der Waals surface area contributed by atoms with Gasteiger partial charge in [0.05, 0.1) is 15.7 Å². The second-order valence-electron chi connectivity index (χ2n) is 9.29. The van der Waals surface area contributed by atoms with Crippen LogP contribution in [0.15, 0.2) is 18.2 Å². The second kappa shape index (κ2) is 10.6. The largest absolute Gasteiger partial charge is 0.368 e. The normalized spacial score (nSPS) is 29.3. The summed E-state index contributed by atoms with van der Waals surface area (Å²) in [6, 6.07) is 5.97. The van der Waals surface area contributed by atoms with Crippen LogP contribution in [-0.2, 0) is 0 Å². The fourth-order valence-corrected chi connectivity index (χ4v) is 5.40. The minimum atomic E-state index is -0.738. The van der Waals surface area contributed by atoms with Crippen LogP contribution in [-0.4, -0.2) is 61.9 Å². The number of amides is 2. The minimum absolute atomic E-state index is 0.0155. The van der Waals surface area contributed by atoms with Crippen LogP contribution < -0.4 is 15.5 Å². The number of rotatable bonds is 6. The van der Waals surface area contributed by atoms with Gasteiger partial charge in [-0.15, -0.1) is 0 Å². The molecule has 2 amide bonds. The van der Waals surface area contributed by atoms with E-state index in [0.717, 1.165) is 57.2 Å². The summed E-state index contributed by atoms with van der Waals surface area (Å²) in [7, 11) is 0. The molecule has 5 nitrogen and oxygen atoms in total. The van der Waals surface area contributed by atoms with Gasteiger partial charge in [-0.3, -0.25) is 4.90 Å². The number of hydrogen-bond acceptors (Lipinski definition) is 3. The van der Waals surface area contributed by atoms with Crippen LogP contribution in [0.5, 0.6) is 0 Å². The van der Waals surface area contributed by atoms with Crippen LogP contribution in [0, 0.1) is 5.92 Å². The molecule has 172 valence electrons. The summed E-state index contributed by atoms with van der Waals surface area (Å²) in [5, 5.41) is 7.22. The first-order valence-electron chi connectivity index (χ1n) is 11.6. The minimum Gasteiger partial charge on any atom is -0.368 e. The van der Waals surface area contributed by atoms with Crippen molar-refractivity contribution >= 4 is 34.9 Å². The molecule has 4 rings (SSSR count). The van der Waals surface area contributed by atoms with E-state index in [2.05, 4.69) is 20.4 Å². The fraction of sp³-hybridized carbons (Fsp3) is 0.696. The predicted molar refractivity (Wildman–Crippen MR) is 125 cm³/mol. The SMILES string of the molecule is O=C(NC1CCC(CCN2CCN(c3cccc(Cl)c3Cl)CC2)CC1)NC1CC(F)C1. The van der Waals surface area contributed by atoms with E-state index in [9.17, 15) is 9.18 Å². The van der Waals surface area contributed by atoms with E-state index in [1.165, 1.54) is 19.3 Å². The Kier molecular flexibility index (Phi) is 7.83. The fourth-order valence-electron chi connectivity index (χ4n) is 4.99. The van der Waals surface area contributed by atoms with Crippen molar-refractivity contribution in [3.8, 4) is 0 Å². The van der Waals surface area contributed by atoms with Gasteiger partial charge in [-0.05, 0) is 69.5 Å². The Morgan fingerprint density at radius 3 is 2.35 bits per heavy atom. The lowest BCUT2D eigenvalue weighted by Gasteiger charge is -2.37. The summed E-state index contributed by atoms with van der Waals surface area (Å²) in [4.78, 5) is 16.9. The third-order valence-electron chi connectivity index (χ3n) is 7.10. The average Bonchev–Trinajstić information content (AvgIpc) is 2.74. The molecular formula is C23H33Cl2FN4O. The topological polar surface area (TPSA) is 47.6 Å². The molecule has 0 radical (unpaired) electrons. The summed E-state index contributed by atoms with van der Waals surface area (Å²) in [6.45, 7) is 5.15. The number of nitrogens with zero attached hydrogens (tertiary/aromatic N) is 2. The molecule has 2 N–H and O–H groups in total. The lowest BCUT2D eigenvalue weighted by atomic mass is 9.84. The Hall–Kier alpha value is -1.24. The summed E-state index contributed by atoms with van der Waals surface area (Å²) in [5.41, 5.74) is 1.03. The molecule has 2 saturated carbocycles. The van der Waals surface area contributed by atoms with Gasteiger partial charge in [0.2, 0.25) is 0 Å². The molecule has 1 aliphatic heterocycles. The molecule has 0 aromatic heterocycles. The quantitative estimate of drug-likeness (QED) is 0.623. The zero-order valence-electron chi connectivity index (χ0n) is 18.0. The van der Waals surface area contributed by atoms with Gasteiger partial charge in [0, 0.05) is 38.3 Å². The summed E-state index contributed by atoms with van der Waals surface area (Å²) >= 11 is 12.5. The number of anilines is 1. The highest BCUT2D eigenvalue weighted by Gasteiger charge is 2.31. The van der Waals surface area contributed by atoms with E-state index >= 15 is 0 Å². The van der Waals surface area contributed by atoms with Crippen molar-refractivity contribution in [2.75, 3.05) is 37.6 Å². The van der Waals surface area contributed by atoms with Gasteiger partial charge < -0.3 is 15.5 Å². The van der Waals surface area contributed by atoms with Crippen molar-refractivity contribution in [1.82, 2.24) is 15.5 Å². The standard InChI is InChI=1S/C23H33Cl2FN4O/c24-20-2-1-3-21(22(20)25)30-12-10-29(11-13-30)9-8-16-4-6-18(7-5-16)27-23(31)28-19-14-17(26)15-19/h1-3,16-19H,4-15H2,(H2,27,28,31). The number of carbonyl (C=O) groups excluding carboxylic acids is 1. The molecule has 0 spiro atoms. The average molecular weight is 471 g/mol. The predicted octanol–water partition coefficient (Wildman–Crippen LogP) is 4.86. The van der Waals surface area contributed by atoms with Crippen LogP contribution in [0.4, 0.5) is 14.9 Å². The number of nitrogens with one attached hydrogen (secondary N) is 2. The first kappa shape index (κ1) is 22.9. The van der Waals surface area contributed by atoms with Crippen LogP contribution in [0.3, 0.4) is 0 Å². The van der Waals surface area contributed by atoms with Crippen LogP contribution in [0.1, 0.15) is 44.9 Å². The van der Waals surface area contributed by atoms with Crippen molar-refractivity contribution in [3.05, 3.63) is 28.2 Å². The molecule has 0 unspecified atom stereocenters. The van der Waals surface area contributed by atoms with Crippen molar-refractivity contribution in [1.29, 1.82) is 0 Å². The van der Waals surface area contributed by atoms with Crippen molar-refractivity contribution in [3.63, 3.8) is 0 Å². The van der Waals surface area contributed by atoms with Gasteiger partial charge in [0.1, 0.15) is 6.17 Å². The Balaban J connectivity index is 1.11. The third-order valence-corrected chi connectivity index (χ3v) is 7.90. The summed E-state index contributed by atoms with van der Waals surface area (Å²) < 4.78 is 12.9. The molecule has 2 aliphatic carbocycles. The third kappa shape index (κ3) is 6.17. The lowest BCUT2D eigenvalue weighted by Crippen LogP contribution is -2.51. The Morgan fingerprint density at radius 2 is 1.68 bits per heavy atom. The second-order valence-corrected chi connectivity index (χ2v) is 10.1. The van der Waals surface area contributed by atoms with Crippen molar-refractivity contribution in [2.45, 2.75) is 63.2 Å². The number of urea groups is 1. The molecule has 31 heavy (non-hydrogen) atoms. The maximum Gasteiger partial charge on any atom is 0.315 e. The Labute approximate surface area is 194 Å². The van der Waals surface area contributed by atoms with Gasteiger partial charge >= 0.3 is 6.03 Å². The smallest absolute Gasteiger partial charge is 0.315 e. The monoisotopic (exact) mass is 470 g/mol. The highest BCUT2D eigenvalue weighted by molar-refractivity contribution is 6.43. The van der Waals surface area contributed by atoms with Gasteiger partial charge in [0.15, 0.2) is 0 Å². The van der Waals surface area contributed by atoms with E-state index in [0.29, 0.717) is 22.9 Å². The molecule has 1 saturated heterocycles. The molecule has 1 heterocycles. The first-order chi connectivity index (χ1) is 15.0. The number of alkyl halides is 1. The van der Waals surface area contributed by atoms with Crippen molar-refractivity contribution < 1.29 is 9.18 Å². The van der Waals surface area contributed by atoms with E-state index in [4.69, 9.17) is 23.2 Å². The molecule has 8 heteroatoms. The van der Waals surface area contributed by atoms with Gasteiger partial charge in [-0.25, -0.2) is 9.18 Å². The lowest BCUT2D eigenvalue weighted by molar-refractivity contribution is 0.154. The van der Waals surface area contributed by atoms with Crippen LogP contribution in [0.2, 0.25) is 10.0 Å². The summed E-state index contributed by atoms with van der Waals surface area (Å²) in [6.07, 6.45) is 5.81. The van der Waals surface area contributed by atoms with Gasteiger partial charge in [0.25, 0.3) is 0 Å². The number of benzene rings is 1. The first-order valence-corrected chi connectivity index (χ1v) is 12.4. The number of halogens is 3.